The number of rotatable bonds is 8. The molecular weight excluding hydrogens is 362 g/mol. The van der Waals surface area contributed by atoms with Gasteiger partial charge in [-0.25, -0.2) is 0 Å². The molecule has 0 unspecified atom stereocenters. The highest BCUT2D eigenvalue weighted by Gasteiger charge is 2.29. The fourth-order valence-electron chi connectivity index (χ4n) is 4.07. The van der Waals surface area contributed by atoms with Crippen LogP contribution in [0.1, 0.15) is 24.8 Å². The van der Waals surface area contributed by atoms with Crippen molar-refractivity contribution < 1.29 is 9.47 Å². The lowest BCUT2D eigenvalue weighted by Gasteiger charge is -2.33. The molecule has 0 spiro atoms. The molecule has 0 fully saturated rings. The van der Waals surface area contributed by atoms with Crippen LogP contribution in [-0.4, -0.2) is 49.5 Å². The van der Waals surface area contributed by atoms with Crippen LogP contribution in [-0.2, 0) is 6.54 Å². The number of methoxy groups -OCH3 is 1. The molecule has 2 heterocycles. The quantitative estimate of drug-likeness (QED) is 0.628. The van der Waals surface area contributed by atoms with E-state index in [1.54, 1.807) is 7.11 Å². The summed E-state index contributed by atoms with van der Waals surface area (Å²) >= 11 is 0. The molecule has 0 amide bonds. The zero-order valence-corrected chi connectivity index (χ0v) is 17.3. The molecule has 0 saturated carbocycles. The molecule has 2 aromatic rings. The molecule has 0 aliphatic carbocycles. The number of fused-ring (bicyclic) bond motifs is 1. The smallest absolute Gasteiger partial charge is 0.119 e. The Morgan fingerprint density at radius 2 is 1.86 bits per heavy atom. The van der Waals surface area contributed by atoms with Gasteiger partial charge >= 0.3 is 0 Å². The molecule has 2 aromatic carbocycles. The van der Waals surface area contributed by atoms with Crippen LogP contribution in [0, 0.1) is 0 Å². The number of benzene rings is 2. The largest absolute Gasteiger partial charge is 0.497 e. The molecule has 0 aromatic heterocycles. The van der Waals surface area contributed by atoms with E-state index in [4.69, 9.17) is 14.6 Å². The van der Waals surface area contributed by atoms with Crippen molar-refractivity contribution in [2.45, 2.75) is 25.8 Å². The summed E-state index contributed by atoms with van der Waals surface area (Å²) < 4.78 is 11.3. The molecule has 0 saturated heterocycles. The van der Waals surface area contributed by atoms with Crippen LogP contribution in [0.3, 0.4) is 0 Å². The maximum absolute atomic E-state index is 5.92. The molecule has 0 atom stereocenters. The van der Waals surface area contributed by atoms with Gasteiger partial charge in [-0.3, -0.25) is 5.01 Å². The van der Waals surface area contributed by atoms with E-state index >= 15 is 0 Å². The minimum absolute atomic E-state index is 0.718. The van der Waals surface area contributed by atoms with Crippen molar-refractivity contribution in [3.05, 3.63) is 71.4 Å². The summed E-state index contributed by atoms with van der Waals surface area (Å²) in [6, 6.07) is 18.4. The first-order valence-corrected chi connectivity index (χ1v) is 10.3. The van der Waals surface area contributed by atoms with E-state index in [-0.39, 0.29) is 0 Å². The Balaban J connectivity index is 1.46. The summed E-state index contributed by atoms with van der Waals surface area (Å²) in [7, 11) is 3.78. The highest BCUT2D eigenvalue weighted by atomic mass is 16.5. The van der Waals surface area contributed by atoms with Crippen LogP contribution in [0.4, 0.5) is 0 Å². The number of para-hydroxylation sites is 1. The van der Waals surface area contributed by atoms with Crippen molar-refractivity contribution in [1.82, 2.24) is 9.91 Å². The summed E-state index contributed by atoms with van der Waals surface area (Å²) in [5.41, 5.74) is 5.35. The van der Waals surface area contributed by atoms with Crippen LogP contribution in [0.25, 0.3) is 0 Å². The molecule has 29 heavy (non-hydrogen) atoms. The third kappa shape index (κ3) is 4.73. The molecule has 0 radical (unpaired) electrons. The predicted molar refractivity (Wildman–Crippen MR) is 116 cm³/mol. The first kappa shape index (κ1) is 19.4. The van der Waals surface area contributed by atoms with Gasteiger partial charge in [0.1, 0.15) is 11.5 Å². The predicted octanol–water partition coefficient (Wildman–Crippen LogP) is 4.32. The lowest BCUT2D eigenvalue weighted by atomic mass is 9.97. The lowest BCUT2D eigenvalue weighted by molar-refractivity contribution is 0.285. The molecule has 5 nitrogen and oxygen atoms in total. The van der Waals surface area contributed by atoms with Crippen molar-refractivity contribution in [3.8, 4) is 11.5 Å². The third-order valence-corrected chi connectivity index (χ3v) is 5.45. The van der Waals surface area contributed by atoms with Gasteiger partial charge < -0.3 is 14.4 Å². The van der Waals surface area contributed by atoms with Crippen LogP contribution >= 0.6 is 0 Å². The first-order valence-electron chi connectivity index (χ1n) is 10.3. The van der Waals surface area contributed by atoms with Crippen LogP contribution in [0.15, 0.2) is 71.0 Å². The Hall–Kier alpha value is -2.95. The number of allylic oxidation sites excluding steroid dienone is 1. The second-order valence-corrected chi connectivity index (χ2v) is 7.58. The zero-order chi connectivity index (χ0) is 20.1. The van der Waals surface area contributed by atoms with Gasteiger partial charge in [-0.15, -0.1) is 0 Å². The van der Waals surface area contributed by atoms with Crippen LogP contribution < -0.4 is 9.47 Å². The summed E-state index contributed by atoms with van der Waals surface area (Å²) in [4.78, 5) is 2.52. The van der Waals surface area contributed by atoms with Crippen molar-refractivity contribution in [3.63, 3.8) is 0 Å². The Labute approximate surface area is 173 Å². The normalized spacial score (nSPS) is 16.0. The summed E-state index contributed by atoms with van der Waals surface area (Å²) in [6.45, 7) is 3.52. The van der Waals surface area contributed by atoms with Gasteiger partial charge in [0.05, 0.1) is 26.0 Å². The van der Waals surface area contributed by atoms with Gasteiger partial charge in [-0.2, -0.15) is 5.10 Å². The highest BCUT2D eigenvalue weighted by Crippen LogP contribution is 2.30. The molecule has 2 aliphatic rings. The van der Waals surface area contributed by atoms with Gasteiger partial charge in [-0.05, 0) is 42.7 Å². The van der Waals surface area contributed by atoms with E-state index in [1.807, 2.05) is 36.4 Å². The fourth-order valence-corrected chi connectivity index (χ4v) is 4.07. The molecule has 0 N–H and O–H groups in total. The number of hydrazone groups is 1. The van der Waals surface area contributed by atoms with Gasteiger partial charge in [0.2, 0.25) is 0 Å². The first-order chi connectivity index (χ1) is 14.2. The Bertz CT molecular complexity index is 892. The fraction of sp³-hybridized carbons (Fsp3) is 0.375. The topological polar surface area (TPSA) is 37.3 Å². The van der Waals surface area contributed by atoms with E-state index in [0.717, 1.165) is 57.0 Å². The van der Waals surface area contributed by atoms with Gasteiger partial charge in [0.15, 0.2) is 0 Å². The number of hydrogen-bond donors (Lipinski definition) is 0. The van der Waals surface area contributed by atoms with Gasteiger partial charge in [0.25, 0.3) is 0 Å². The number of nitrogens with zero attached hydrogens (tertiary/aromatic N) is 3. The number of hydrogen-bond acceptors (Lipinski definition) is 5. The standard InChI is InChI=1S/C24H29N3O2/c1-26-18-22-23(25-26)13-14-27(17-19-8-6-11-21(16-19)28-2)24(22)12-7-15-29-20-9-4-3-5-10-20/h3-6,8-11,16H,7,12-15,17-18H2,1-2H3. The second-order valence-electron chi connectivity index (χ2n) is 7.58. The van der Waals surface area contributed by atoms with Crippen LogP contribution in [0.2, 0.25) is 0 Å². The van der Waals surface area contributed by atoms with E-state index in [2.05, 4.69) is 35.2 Å². The SMILES string of the molecule is COc1cccc(CN2CCC3=NN(C)CC3=C2CCCOc2ccccc2)c1. The molecule has 2 aliphatic heterocycles. The number of likely N-dealkylation sites (N-methyl/N-ethyl adjacent to an activating group) is 1. The molecule has 0 bridgehead atoms. The Morgan fingerprint density at radius 1 is 1.03 bits per heavy atom. The Morgan fingerprint density at radius 3 is 2.69 bits per heavy atom. The van der Waals surface area contributed by atoms with E-state index < -0.39 is 0 Å². The third-order valence-electron chi connectivity index (χ3n) is 5.45. The van der Waals surface area contributed by atoms with Crippen molar-refractivity contribution >= 4 is 5.71 Å². The van der Waals surface area contributed by atoms with E-state index in [9.17, 15) is 0 Å². The maximum atomic E-state index is 5.92. The molecule has 5 heteroatoms. The summed E-state index contributed by atoms with van der Waals surface area (Å²) in [5, 5.41) is 6.78. The monoisotopic (exact) mass is 391 g/mol. The summed E-state index contributed by atoms with van der Waals surface area (Å²) in [5.74, 6) is 1.85. The number of ether oxygens (including phenoxy) is 2. The summed E-state index contributed by atoms with van der Waals surface area (Å²) in [6.07, 6.45) is 2.99. The van der Waals surface area contributed by atoms with Crippen molar-refractivity contribution in [2.24, 2.45) is 5.10 Å². The van der Waals surface area contributed by atoms with E-state index in [1.165, 1.54) is 22.5 Å². The lowest BCUT2D eigenvalue weighted by Crippen LogP contribution is -2.33. The molecular formula is C24H29N3O2. The van der Waals surface area contributed by atoms with Gasteiger partial charge in [0, 0.05) is 37.8 Å². The maximum Gasteiger partial charge on any atom is 0.119 e. The molecule has 4 rings (SSSR count). The second kappa shape index (κ2) is 9.03. The average Bonchev–Trinajstić information content (AvgIpc) is 3.13. The zero-order valence-electron chi connectivity index (χ0n) is 17.3. The van der Waals surface area contributed by atoms with Crippen LogP contribution in [0.5, 0.6) is 11.5 Å². The van der Waals surface area contributed by atoms with Gasteiger partial charge in [-0.1, -0.05) is 30.3 Å². The minimum atomic E-state index is 0.718. The van der Waals surface area contributed by atoms with Crippen molar-refractivity contribution in [1.29, 1.82) is 0 Å². The highest BCUT2D eigenvalue weighted by molar-refractivity contribution is 6.03. The average molecular weight is 392 g/mol. The Kier molecular flexibility index (Phi) is 6.03. The van der Waals surface area contributed by atoms with E-state index in [0.29, 0.717) is 0 Å². The minimum Gasteiger partial charge on any atom is -0.497 e. The molecule has 152 valence electrons. The van der Waals surface area contributed by atoms with Crippen molar-refractivity contribution in [2.75, 3.05) is 33.9 Å².